The Morgan fingerprint density at radius 3 is 0.894 bits per heavy atom. The van der Waals surface area contributed by atoms with Gasteiger partial charge in [0.05, 0.1) is 26.4 Å². The summed E-state index contributed by atoms with van der Waals surface area (Å²) in [5.74, 6) is -0.705. The number of phosphoric ester groups is 2. The number of hydrogen-bond donors (Lipinski definition) is 3. The fraction of sp³-hybridized carbons (Fsp3) is 0.939. The van der Waals surface area contributed by atoms with Crippen molar-refractivity contribution in [2.75, 3.05) is 39.6 Å². The van der Waals surface area contributed by atoms with E-state index in [1.54, 1.807) is 0 Å². The molecule has 17 nitrogen and oxygen atoms in total. The van der Waals surface area contributed by atoms with Gasteiger partial charge in [0, 0.05) is 25.7 Å². The Balaban J connectivity index is 5.25. The van der Waals surface area contributed by atoms with Crippen molar-refractivity contribution in [3.8, 4) is 0 Å². The molecule has 3 unspecified atom stereocenters. The third kappa shape index (κ3) is 59.5. The minimum atomic E-state index is -4.95. The molecular formula is C66H128O17P2. The lowest BCUT2D eigenvalue weighted by molar-refractivity contribution is -0.161. The molecule has 0 bridgehead atoms. The molecule has 504 valence electrons. The molecule has 6 atom stereocenters. The first-order valence-electron chi connectivity index (χ1n) is 34.5. The highest BCUT2D eigenvalue weighted by molar-refractivity contribution is 7.47. The maximum Gasteiger partial charge on any atom is 0.472 e. The first-order chi connectivity index (χ1) is 40.9. The summed E-state index contributed by atoms with van der Waals surface area (Å²) in [6.07, 6.45) is 41.7. The molecule has 85 heavy (non-hydrogen) atoms. The summed E-state index contributed by atoms with van der Waals surface area (Å²) >= 11 is 0. The molecule has 0 heterocycles. The van der Waals surface area contributed by atoms with Gasteiger partial charge in [0.25, 0.3) is 0 Å². The molecule has 0 aliphatic heterocycles. The van der Waals surface area contributed by atoms with E-state index in [4.69, 9.17) is 37.0 Å². The number of ether oxygens (including phenoxy) is 4. The number of aliphatic hydroxyl groups is 1. The van der Waals surface area contributed by atoms with Crippen LogP contribution in [0.5, 0.6) is 0 Å². The predicted octanol–water partition coefficient (Wildman–Crippen LogP) is 18.4. The number of esters is 4. The molecule has 0 saturated heterocycles. The summed E-state index contributed by atoms with van der Waals surface area (Å²) in [5, 5.41) is 10.5. The van der Waals surface area contributed by atoms with Crippen LogP contribution in [0.25, 0.3) is 0 Å². The molecule has 0 radical (unpaired) electrons. The number of carbonyl (C=O) groups excluding carboxylic acids is 4. The van der Waals surface area contributed by atoms with Gasteiger partial charge in [0.15, 0.2) is 12.2 Å². The molecule has 0 amide bonds. The zero-order valence-corrected chi connectivity index (χ0v) is 56.7. The molecule has 0 aliphatic carbocycles. The lowest BCUT2D eigenvalue weighted by Crippen LogP contribution is -2.30. The fourth-order valence-corrected chi connectivity index (χ4v) is 11.4. The second kappa shape index (κ2) is 58.4. The summed E-state index contributed by atoms with van der Waals surface area (Å²) in [7, 11) is -9.89. The number of hydrogen-bond acceptors (Lipinski definition) is 15. The zero-order valence-electron chi connectivity index (χ0n) is 54.9. The molecule has 0 aliphatic rings. The Kier molecular flexibility index (Phi) is 57.1. The molecule has 0 spiro atoms. The van der Waals surface area contributed by atoms with Crippen LogP contribution in [0.2, 0.25) is 0 Å². The monoisotopic (exact) mass is 1250 g/mol. The van der Waals surface area contributed by atoms with E-state index in [0.717, 1.165) is 102 Å². The Hall–Kier alpha value is -1.94. The number of carbonyl (C=O) groups is 4. The van der Waals surface area contributed by atoms with Gasteiger partial charge in [-0.25, -0.2) is 9.13 Å². The predicted molar refractivity (Wildman–Crippen MR) is 340 cm³/mol. The molecule has 0 aromatic carbocycles. The van der Waals surface area contributed by atoms with Crippen molar-refractivity contribution in [2.45, 2.75) is 349 Å². The van der Waals surface area contributed by atoms with Crippen LogP contribution in [-0.2, 0) is 65.4 Å². The van der Waals surface area contributed by atoms with E-state index in [9.17, 15) is 43.2 Å². The van der Waals surface area contributed by atoms with Crippen molar-refractivity contribution in [1.29, 1.82) is 0 Å². The molecular weight excluding hydrogens is 1130 g/mol. The van der Waals surface area contributed by atoms with Gasteiger partial charge in [-0.15, -0.1) is 0 Å². The van der Waals surface area contributed by atoms with E-state index in [1.807, 2.05) is 0 Å². The van der Waals surface area contributed by atoms with Gasteiger partial charge in [-0.3, -0.25) is 37.3 Å². The van der Waals surface area contributed by atoms with Gasteiger partial charge >= 0.3 is 39.5 Å². The minimum Gasteiger partial charge on any atom is -0.462 e. The van der Waals surface area contributed by atoms with Crippen molar-refractivity contribution in [1.82, 2.24) is 0 Å². The summed E-state index contributed by atoms with van der Waals surface area (Å²) in [4.78, 5) is 72.3. The molecule has 0 fully saturated rings. The molecule has 0 rings (SSSR count). The van der Waals surface area contributed by atoms with Crippen LogP contribution < -0.4 is 0 Å². The van der Waals surface area contributed by atoms with E-state index in [-0.39, 0.29) is 25.7 Å². The van der Waals surface area contributed by atoms with Crippen molar-refractivity contribution in [3.05, 3.63) is 0 Å². The molecule has 0 saturated carbocycles. The minimum absolute atomic E-state index is 0.103. The molecule has 0 aromatic heterocycles. The smallest absolute Gasteiger partial charge is 0.462 e. The molecule has 0 aromatic rings. The summed E-state index contributed by atoms with van der Waals surface area (Å²) in [6.45, 7) is 9.41. The second-order valence-electron chi connectivity index (χ2n) is 24.6. The standard InChI is InChI=1S/C66H128O17P2/c1-7-10-12-14-16-18-20-22-24-26-30-38-44-50-65(70)82-61(54-76-63(68)48-42-36-29-25-23-21-19-17-15-13-11-8-2)56-80-84(72,73)78-52-60(67)53-79-85(74,75)81-57-62(83-66(71)51-45-39-31-27-28-34-40-46-58(4)5)55-77-64(69)49-43-37-33-32-35-41-47-59(6)9-3/h58-62,67H,7-57H2,1-6H3,(H,72,73)(H,74,75)/t59?,60-,61-,62-/m1/s1. The number of aliphatic hydroxyl groups excluding tert-OH is 1. The van der Waals surface area contributed by atoms with Gasteiger partial charge in [0.2, 0.25) is 0 Å². The van der Waals surface area contributed by atoms with Crippen molar-refractivity contribution in [2.24, 2.45) is 11.8 Å². The van der Waals surface area contributed by atoms with Crippen LogP contribution in [0.15, 0.2) is 0 Å². The third-order valence-electron chi connectivity index (χ3n) is 15.6. The van der Waals surface area contributed by atoms with Gasteiger partial charge in [-0.1, -0.05) is 279 Å². The van der Waals surface area contributed by atoms with E-state index in [2.05, 4.69) is 41.5 Å². The Bertz CT molecular complexity index is 1670. The maximum atomic E-state index is 13.0. The SMILES string of the molecule is CCCCCCCCCCCCCCCC(=O)O[C@H](COC(=O)CCCCCCCCCCCCCC)COP(=O)(O)OC[C@@H](O)COP(=O)(O)OC[C@@H](COC(=O)CCCCCCCCC(C)CC)OC(=O)CCCCCCCCCC(C)C. The van der Waals surface area contributed by atoms with Crippen LogP contribution in [0.4, 0.5) is 0 Å². The summed E-state index contributed by atoms with van der Waals surface area (Å²) in [6, 6.07) is 0. The number of unbranched alkanes of at least 4 members (excludes halogenated alkanes) is 34. The van der Waals surface area contributed by atoms with Gasteiger partial charge in [-0.05, 0) is 37.5 Å². The van der Waals surface area contributed by atoms with E-state index in [0.29, 0.717) is 31.6 Å². The van der Waals surface area contributed by atoms with Crippen molar-refractivity contribution < 1.29 is 80.2 Å². The summed E-state index contributed by atoms with van der Waals surface area (Å²) in [5.41, 5.74) is 0. The quantitative estimate of drug-likeness (QED) is 0.0222. The normalized spacial score (nSPS) is 14.6. The van der Waals surface area contributed by atoms with E-state index < -0.39 is 97.5 Å². The van der Waals surface area contributed by atoms with Crippen LogP contribution in [0, 0.1) is 11.8 Å². The van der Waals surface area contributed by atoms with Crippen molar-refractivity contribution in [3.63, 3.8) is 0 Å². The van der Waals surface area contributed by atoms with E-state index >= 15 is 0 Å². The first kappa shape index (κ1) is 83.1. The molecule has 3 N–H and O–H groups in total. The van der Waals surface area contributed by atoms with Crippen LogP contribution >= 0.6 is 15.6 Å². The highest BCUT2D eigenvalue weighted by atomic mass is 31.2. The highest BCUT2D eigenvalue weighted by Crippen LogP contribution is 2.45. The fourth-order valence-electron chi connectivity index (χ4n) is 9.85. The van der Waals surface area contributed by atoms with Gasteiger partial charge < -0.3 is 33.8 Å². The lowest BCUT2D eigenvalue weighted by Gasteiger charge is -2.21. The second-order valence-corrected chi connectivity index (χ2v) is 27.5. The number of rotatable bonds is 65. The average Bonchev–Trinajstić information content (AvgIpc) is 3.47. The van der Waals surface area contributed by atoms with Gasteiger partial charge in [0.1, 0.15) is 19.3 Å². The largest absolute Gasteiger partial charge is 0.472 e. The van der Waals surface area contributed by atoms with Crippen LogP contribution in [-0.4, -0.2) is 96.7 Å². The Morgan fingerprint density at radius 1 is 0.341 bits per heavy atom. The molecule has 19 heteroatoms. The van der Waals surface area contributed by atoms with Crippen molar-refractivity contribution >= 4 is 39.5 Å². The Morgan fingerprint density at radius 2 is 0.600 bits per heavy atom. The van der Waals surface area contributed by atoms with Crippen LogP contribution in [0.1, 0.15) is 330 Å². The summed E-state index contributed by atoms with van der Waals surface area (Å²) < 4.78 is 68.1. The van der Waals surface area contributed by atoms with E-state index in [1.165, 1.54) is 141 Å². The highest BCUT2D eigenvalue weighted by Gasteiger charge is 2.30. The Labute approximate surface area is 517 Å². The maximum absolute atomic E-state index is 13.0. The lowest BCUT2D eigenvalue weighted by atomic mass is 10.00. The van der Waals surface area contributed by atoms with Gasteiger partial charge in [-0.2, -0.15) is 0 Å². The average molecular weight is 1260 g/mol. The topological polar surface area (TPSA) is 237 Å². The van der Waals surface area contributed by atoms with Crippen LogP contribution in [0.3, 0.4) is 0 Å². The zero-order chi connectivity index (χ0) is 62.9. The third-order valence-corrected chi connectivity index (χ3v) is 17.5. The first-order valence-corrected chi connectivity index (χ1v) is 37.5. The number of phosphoric acid groups is 2.